The highest BCUT2D eigenvalue weighted by Gasteiger charge is 2.28. The summed E-state index contributed by atoms with van der Waals surface area (Å²) in [6.07, 6.45) is 3.09. The van der Waals surface area contributed by atoms with E-state index in [1.165, 1.54) is 0 Å². The average Bonchev–Trinajstić information content (AvgIpc) is 2.95. The van der Waals surface area contributed by atoms with Gasteiger partial charge in [0.1, 0.15) is 11.3 Å². The van der Waals surface area contributed by atoms with Crippen molar-refractivity contribution in [1.82, 2.24) is 9.47 Å². The highest BCUT2D eigenvalue weighted by atomic mass is 35.5. The topological polar surface area (TPSA) is 60.8 Å². The molecule has 0 aliphatic carbocycles. The van der Waals surface area contributed by atoms with Crippen LogP contribution in [-0.4, -0.2) is 46.3 Å². The fourth-order valence-corrected chi connectivity index (χ4v) is 2.76. The van der Waals surface area contributed by atoms with Gasteiger partial charge in [0.15, 0.2) is 6.07 Å². The fraction of sp³-hybridized carbons (Fsp3) is 0.625. The van der Waals surface area contributed by atoms with E-state index < -0.39 is 11.6 Å². The van der Waals surface area contributed by atoms with Crippen molar-refractivity contribution in [3.05, 3.63) is 24.0 Å². The number of hydrogen-bond donors (Lipinski definition) is 0. The molecule has 0 N–H and O–H groups in total. The van der Waals surface area contributed by atoms with Gasteiger partial charge in [0.05, 0.1) is 0 Å². The van der Waals surface area contributed by atoms with Crippen LogP contribution < -0.4 is 0 Å². The molecule has 0 unspecified atom stereocenters. The van der Waals surface area contributed by atoms with Gasteiger partial charge >= 0.3 is 12.1 Å². The number of rotatable bonds is 3. The minimum Gasteiger partial charge on any atom is -0.445 e. The van der Waals surface area contributed by atoms with Crippen LogP contribution in [0.1, 0.15) is 50.1 Å². The van der Waals surface area contributed by atoms with Crippen LogP contribution in [0.5, 0.6) is 0 Å². The Bertz CT molecular complexity index is 557. The smallest absolute Gasteiger partial charge is 0.410 e. The third kappa shape index (κ3) is 4.64. The number of aromatic nitrogens is 1. The van der Waals surface area contributed by atoms with Gasteiger partial charge < -0.3 is 18.9 Å². The summed E-state index contributed by atoms with van der Waals surface area (Å²) in [5.74, 6) is -0.431. The SMILES string of the molecule is CC(C)(C)OC(=O)N1CCC(n2cccc2C(=O)OCCl)CC1. The van der Waals surface area contributed by atoms with E-state index in [9.17, 15) is 9.59 Å². The van der Waals surface area contributed by atoms with Crippen LogP contribution in [0.25, 0.3) is 0 Å². The molecule has 2 rings (SSSR count). The minimum absolute atomic E-state index is 0.154. The van der Waals surface area contributed by atoms with Crippen LogP contribution in [-0.2, 0) is 9.47 Å². The standard InChI is InChI=1S/C16H23ClN2O4/c1-16(2,3)23-15(21)18-9-6-12(7-10-18)19-8-4-5-13(19)14(20)22-11-17/h4-5,8,12H,6-7,9-11H2,1-3H3. The van der Waals surface area contributed by atoms with E-state index in [-0.39, 0.29) is 18.2 Å². The van der Waals surface area contributed by atoms with Gasteiger partial charge in [-0.15, -0.1) is 0 Å². The maximum atomic E-state index is 12.1. The van der Waals surface area contributed by atoms with Crippen molar-refractivity contribution in [3.63, 3.8) is 0 Å². The number of nitrogens with zero attached hydrogens (tertiary/aromatic N) is 2. The molecule has 7 heteroatoms. The Labute approximate surface area is 141 Å². The predicted octanol–water partition coefficient (Wildman–Crippen LogP) is 3.41. The monoisotopic (exact) mass is 342 g/mol. The quantitative estimate of drug-likeness (QED) is 0.624. The molecule has 0 atom stereocenters. The second kappa shape index (κ2) is 7.25. The van der Waals surface area contributed by atoms with Gasteiger partial charge in [-0.3, -0.25) is 0 Å². The molecular formula is C16H23ClN2O4. The zero-order valence-corrected chi connectivity index (χ0v) is 14.5. The first-order valence-corrected chi connectivity index (χ1v) is 8.23. The number of carbonyl (C=O) groups is 2. The Morgan fingerprint density at radius 1 is 1.30 bits per heavy atom. The van der Waals surface area contributed by atoms with Crippen LogP contribution in [0.15, 0.2) is 18.3 Å². The zero-order chi connectivity index (χ0) is 17.0. The average molecular weight is 343 g/mol. The highest BCUT2D eigenvalue weighted by Crippen LogP contribution is 2.26. The number of esters is 1. The number of halogens is 1. The molecule has 0 radical (unpaired) electrons. The molecule has 23 heavy (non-hydrogen) atoms. The first kappa shape index (κ1) is 17.7. The van der Waals surface area contributed by atoms with Crippen molar-refractivity contribution in [3.8, 4) is 0 Å². The van der Waals surface area contributed by atoms with E-state index in [4.69, 9.17) is 21.1 Å². The Morgan fingerprint density at radius 2 is 1.96 bits per heavy atom. The summed E-state index contributed by atoms with van der Waals surface area (Å²) >= 11 is 5.45. The van der Waals surface area contributed by atoms with Crippen molar-refractivity contribution >= 4 is 23.7 Å². The van der Waals surface area contributed by atoms with Crippen LogP contribution in [0.2, 0.25) is 0 Å². The van der Waals surface area contributed by atoms with Crippen LogP contribution in [0.3, 0.4) is 0 Å². The number of likely N-dealkylation sites (tertiary alicyclic amines) is 1. The molecule has 1 saturated heterocycles. The van der Waals surface area contributed by atoms with Crippen molar-refractivity contribution < 1.29 is 19.1 Å². The second-order valence-electron chi connectivity index (χ2n) is 6.54. The molecule has 1 aliphatic heterocycles. The molecule has 2 heterocycles. The molecule has 0 saturated carbocycles. The lowest BCUT2D eigenvalue weighted by Gasteiger charge is -2.34. The van der Waals surface area contributed by atoms with Gasteiger partial charge in [-0.25, -0.2) is 9.59 Å². The van der Waals surface area contributed by atoms with E-state index in [2.05, 4.69) is 0 Å². The summed E-state index contributed by atoms with van der Waals surface area (Å²) in [6, 6.07) is 3.52. The Morgan fingerprint density at radius 3 is 2.52 bits per heavy atom. The van der Waals surface area contributed by atoms with Crippen LogP contribution >= 0.6 is 11.6 Å². The first-order chi connectivity index (χ1) is 10.8. The van der Waals surface area contributed by atoms with Crippen LogP contribution in [0.4, 0.5) is 4.79 Å². The van der Waals surface area contributed by atoms with Gasteiger partial charge in [0, 0.05) is 25.3 Å². The lowest BCUT2D eigenvalue weighted by molar-refractivity contribution is 0.0185. The Balaban J connectivity index is 1.96. The van der Waals surface area contributed by atoms with Crippen LogP contribution in [0, 0.1) is 0 Å². The lowest BCUT2D eigenvalue weighted by Crippen LogP contribution is -2.42. The molecule has 0 bridgehead atoms. The van der Waals surface area contributed by atoms with Crippen molar-refractivity contribution in [2.45, 2.75) is 45.3 Å². The molecule has 1 aliphatic rings. The van der Waals surface area contributed by atoms with Gasteiger partial charge in [-0.05, 0) is 45.7 Å². The van der Waals surface area contributed by atoms with Gasteiger partial charge in [-0.1, -0.05) is 11.6 Å². The number of hydrogen-bond acceptors (Lipinski definition) is 4. The van der Waals surface area contributed by atoms with E-state index in [0.717, 1.165) is 12.8 Å². The Kier molecular flexibility index (Phi) is 5.57. The van der Waals surface area contributed by atoms with E-state index in [1.807, 2.05) is 37.6 Å². The minimum atomic E-state index is -0.493. The molecule has 128 valence electrons. The molecule has 0 aromatic carbocycles. The summed E-state index contributed by atoms with van der Waals surface area (Å²) in [5, 5.41) is 0. The van der Waals surface area contributed by atoms with Gasteiger partial charge in [0.2, 0.25) is 0 Å². The third-order valence-electron chi connectivity index (χ3n) is 3.68. The maximum absolute atomic E-state index is 12.1. The zero-order valence-electron chi connectivity index (χ0n) is 13.8. The fourth-order valence-electron chi connectivity index (χ4n) is 2.66. The summed E-state index contributed by atoms with van der Waals surface area (Å²) in [4.78, 5) is 25.7. The summed E-state index contributed by atoms with van der Waals surface area (Å²) in [5.41, 5.74) is -0.00583. The summed E-state index contributed by atoms with van der Waals surface area (Å²) in [7, 11) is 0. The third-order valence-corrected chi connectivity index (χ3v) is 3.79. The number of amides is 1. The van der Waals surface area contributed by atoms with Crippen molar-refractivity contribution in [2.24, 2.45) is 0 Å². The van der Waals surface area contributed by atoms with Crippen molar-refractivity contribution in [2.75, 3.05) is 19.2 Å². The summed E-state index contributed by atoms with van der Waals surface area (Å²) < 4.78 is 12.1. The molecule has 1 aromatic rings. The largest absolute Gasteiger partial charge is 0.445 e. The van der Waals surface area contributed by atoms with Gasteiger partial charge in [0.25, 0.3) is 0 Å². The molecule has 1 fully saturated rings. The van der Waals surface area contributed by atoms with E-state index in [0.29, 0.717) is 18.8 Å². The van der Waals surface area contributed by atoms with E-state index in [1.54, 1.807) is 11.0 Å². The number of alkyl halides is 1. The maximum Gasteiger partial charge on any atom is 0.410 e. The number of carbonyl (C=O) groups excluding carboxylic acids is 2. The number of piperidine rings is 1. The van der Waals surface area contributed by atoms with Gasteiger partial charge in [-0.2, -0.15) is 0 Å². The van der Waals surface area contributed by atoms with E-state index >= 15 is 0 Å². The molecule has 1 amide bonds. The van der Waals surface area contributed by atoms with Crippen molar-refractivity contribution in [1.29, 1.82) is 0 Å². The molecular weight excluding hydrogens is 320 g/mol. The Hall–Kier alpha value is -1.69. The number of ether oxygens (including phenoxy) is 2. The second-order valence-corrected chi connectivity index (χ2v) is 6.76. The normalized spacial score (nSPS) is 16.3. The highest BCUT2D eigenvalue weighted by molar-refractivity contribution is 6.17. The predicted molar refractivity (Wildman–Crippen MR) is 86.6 cm³/mol. The first-order valence-electron chi connectivity index (χ1n) is 7.69. The molecule has 0 spiro atoms. The summed E-state index contributed by atoms with van der Waals surface area (Å²) in [6.45, 7) is 6.76. The lowest BCUT2D eigenvalue weighted by atomic mass is 10.0. The molecule has 6 nitrogen and oxygen atoms in total. The molecule has 1 aromatic heterocycles.